The van der Waals surface area contributed by atoms with Gasteiger partial charge >= 0.3 is 29.8 Å². The van der Waals surface area contributed by atoms with Gasteiger partial charge < -0.3 is 23.7 Å². The molecule has 0 fully saturated rings. The van der Waals surface area contributed by atoms with E-state index >= 15 is 0 Å². The highest BCUT2D eigenvalue weighted by Gasteiger charge is 2.48. The SMILES string of the molecule is CC(C)(C)C(=O)CC(COC(=O)C(C)(C)C)C(OC(=O)C(C)(C)C)C(OC(=O)C(C)(C)C)C(COC(=O)C(C)(C)C)OC(=O)C(C)(C)C. The van der Waals surface area contributed by atoms with Crippen LogP contribution in [0.2, 0.25) is 0 Å². The molecule has 0 bridgehead atoms. The van der Waals surface area contributed by atoms with Gasteiger partial charge in [0.15, 0.2) is 12.2 Å². The Morgan fingerprint density at radius 1 is 0.396 bits per heavy atom. The standard InChI is InChI=1S/C37H64O11/c1-32(2,3)24(38)19-22(20-44-27(39)33(4,5)6)25(47-30(42)36(13,14)15)26(48-31(43)37(16,17)18)23(46-29(41)35(10,11)12)21-45-28(40)34(7,8)9/h22-23,25-26H,19-21H2,1-18H3. The van der Waals surface area contributed by atoms with E-state index < -0.39 is 99.8 Å². The van der Waals surface area contributed by atoms with E-state index in [1.165, 1.54) is 0 Å². The van der Waals surface area contributed by atoms with Gasteiger partial charge in [-0.15, -0.1) is 0 Å². The van der Waals surface area contributed by atoms with Crippen molar-refractivity contribution in [2.75, 3.05) is 13.2 Å². The van der Waals surface area contributed by atoms with E-state index in [2.05, 4.69) is 0 Å². The molecule has 11 heteroatoms. The number of carbonyl (C=O) groups excluding carboxylic acids is 6. The molecule has 0 saturated carbocycles. The predicted molar refractivity (Wildman–Crippen MR) is 181 cm³/mol. The molecule has 0 radical (unpaired) electrons. The van der Waals surface area contributed by atoms with Crippen LogP contribution in [-0.2, 0) is 52.5 Å². The Morgan fingerprint density at radius 2 is 0.708 bits per heavy atom. The first-order valence-electron chi connectivity index (χ1n) is 16.6. The zero-order valence-corrected chi connectivity index (χ0v) is 32.9. The molecule has 48 heavy (non-hydrogen) atoms. The van der Waals surface area contributed by atoms with Crippen molar-refractivity contribution in [3.8, 4) is 0 Å². The van der Waals surface area contributed by atoms with Gasteiger partial charge in [-0.1, -0.05) is 20.8 Å². The Bertz CT molecular complexity index is 1060. The summed E-state index contributed by atoms with van der Waals surface area (Å²) in [7, 11) is 0. The van der Waals surface area contributed by atoms with Crippen LogP contribution in [0.15, 0.2) is 0 Å². The first kappa shape index (κ1) is 45.0. The number of Topliss-reactive ketones (excluding diaryl/α,β-unsaturated/α-hetero) is 1. The lowest BCUT2D eigenvalue weighted by molar-refractivity contribution is -0.209. The van der Waals surface area contributed by atoms with Crippen molar-refractivity contribution in [1.29, 1.82) is 0 Å². The van der Waals surface area contributed by atoms with Gasteiger partial charge in [0.05, 0.1) is 33.7 Å². The third-order valence-corrected chi connectivity index (χ3v) is 7.05. The summed E-state index contributed by atoms with van der Waals surface area (Å²) in [6.45, 7) is 28.7. The van der Waals surface area contributed by atoms with Crippen LogP contribution in [0.25, 0.3) is 0 Å². The molecule has 0 aromatic rings. The van der Waals surface area contributed by atoms with Crippen molar-refractivity contribution < 1.29 is 52.5 Å². The summed E-state index contributed by atoms with van der Waals surface area (Å²) in [5.41, 5.74) is -5.85. The Labute approximate surface area is 288 Å². The van der Waals surface area contributed by atoms with E-state index in [1.54, 1.807) is 125 Å². The van der Waals surface area contributed by atoms with Crippen molar-refractivity contribution in [2.24, 2.45) is 38.4 Å². The lowest BCUT2D eigenvalue weighted by Gasteiger charge is -2.39. The molecule has 278 valence electrons. The quantitative estimate of drug-likeness (QED) is 0.160. The molecule has 0 spiro atoms. The summed E-state index contributed by atoms with van der Waals surface area (Å²) in [6, 6.07) is 0. The molecular formula is C37H64O11. The van der Waals surface area contributed by atoms with Crippen LogP contribution in [-0.4, -0.2) is 67.2 Å². The molecule has 0 amide bonds. The lowest BCUT2D eigenvalue weighted by Crippen LogP contribution is -2.54. The highest BCUT2D eigenvalue weighted by atomic mass is 16.6. The predicted octanol–water partition coefficient (Wildman–Crippen LogP) is 6.66. The Kier molecular flexibility index (Phi) is 15.1. The van der Waals surface area contributed by atoms with E-state index in [9.17, 15) is 28.8 Å². The minimum absolute atomic E-state index is 0.251. The van der Waals surface area contributed by atoms with E-state index in [4.69, 9.17) is 23.7 Å². The van der Waals surface area contributed by atoms with Gasteiger partial charge in [-0.25, -0.2) is 0 Å². The van der Waals surface area contributed by atoms with Crippen LogP contribution in [0.4, 0.5) is 0 Å². The zero-order chi connectivity index (χ0) is 38.4. The summed E-state index contributed by atoms with van der Waals surface area (Å²) in [4.78, 5) is 80.0. The number of carbonyl (C=O) groups is 6. The summed E-state index contributed by atoms with van der Waals surface area (Å²) in [5, 5.41) is 0. The fourth-order valence-electron chi connectivity index (χ4n) is 3.48. The third-order valence-electron chi connectivity index (χ3n) is 7.05. The molecule has 4 atom stereocenters. The molecule has 0 heterocycles. The largest absolute Gasteiger partial charge is 0.465 e. The minimum atomic E-state index is -1.59. The van der Waals surface area contributed by atoms with E-state index in [0.717, 1.165) is 0 Å². The van der Waals surface area contributed by atoms with Crippen LogP contribution >= 0.6 is 0 Å². The van der Waals surface area contributed by atoms with Crippen LogP contribution in [0.5, 0.6) is 0 Å². The average Bonchev–Trinajstić information content (AvgIpc) is 2.86. The molecule has 0 aliphatic carbocycles. The molecule has 0 N–H and O–H groups in total. The summed E-state index contributed by atoms with van der Waals surface area (Å²) in [6.07, 6.45) is -4.83. The number of rotatable bonds is 12. The normalized spacial score (nSPS) is 15.7. The number of esters is 5. The van der Waals surface area contributed by atoms with Gasteiger partial charge in [-0.2, -0.15) is 0 Å². The highest BCUT2D eigenvalue weighted by molar-refractivity contribution is 5.84. The van der Waals surface area contributed by atoms with Crippen LogP contribution < -0.4 is 0 Å². The Morgan fingerprint density at radius 3 is 1.04 bits per heavy atom. The molecule has 0 rings (SSSR count). The maximum Gasteiger partial charge on any atom is 0.311 e. The average molecular weight is 685 g/mol. The molecular weight excluding hydrogens is 620 g/mol. The van der Waals surface area contributed by atoms with E-state index in [0.29, 0.717) is 0 Å². The van der Waals surface area contributed by atoms with Crippen LogP contribution in [0, 0.1) is 38.4 Å². The molecule has 0 aliphatic heterocycles. The molecule has 0 aliphatic rings. The minimum Gasteiger partial charge on any atom is -0.465 e. The maximum atomic E-state index is 13.6. The first-order valence-corrected chi connectivity index (χ1v) is 16.6. The van der Waals surface area contributed by atoms with Crippen LogP contribution in [0.3, 0.4) is 0 Å². The topological polar surface area (TPSA) is 149 Å². The van der Waals surface area contributed by atoms with E-state index in [-0.39, 0.29) is 12.2 Å². The second-order valence-corrected chi connectivity index (χ2v) is 18.8. The molecule has 11 nitrogen and oxygen atoms in total. The third kappa shape index (κ3) is 15.1. The van der Waals surface area contributed by atoms with Crippen molar-refractivity contribution in [2.45, 2.75) is 149 Å². The van der Waals surface area contributed by atoms with Crippen molar-refractivity contribution >= 4 is 35.6 Å². The number of hydrogen-bond donors (Lipinski definition) is 0. The van der Waals surface area contributed by atoms with Crippen molar-refractivity contribution in [1.82, 2.24) is 0 Å². The number of hydrogen-bond acceptors (Lipinski definition) is 11. The van der Waals surface area contributed by atoms with Gasteiger partial charge in [0.25, 0.3) is 0 Å². The molecule has 0 aromatic heterocycles. The number of ether oxygens (including phenoxy) is 5. The van der Waals surface area contributed by atoms with Gasteiger partial charge in [-0.3, -0.25) is 28.8 Å². The van der Waals surface area contributed by atoms with Crippen molar-refractivity contribution in [3.63, 3.8) is 0 Å². The van der Waals surface area contributed by atoms with E-state index in [1.807, 2.05) is 0 Å². The van der Waals surface area contributed by atoms with Gasteiger partial charge in [0.2, 0.25) is 0 Å². The lowest BCUT2D eigenvalue weighted by atomic mass is 9.81. The second-order valence-electron chi connectivity index (χ2n) is 18.8. The van der Waals surface area contributed by atoms with Crippen molar-refractivity contribution in [3.05, 3.63) is 0 Å². The summed E-state index contributed by atoms with van der Waals surface area (Å²) in [5.74, 6) is -4.68. The fourth-order valence-corrected chi connectivity index (χ4v) is 3.48. The maximum absolute atomic E-state index is 13.6. The second kappa shape index (κ2) is 16.2. The highest BCUT2D eigenvalue weighted by Crippen LogP contribution is 2.33. The molecule has 0 aromatic carbocycles. The molecule has 0 saturated heterocycles. The molecule has 4 unspecified atom stereocenters. The fraction of sp³-hybridized carbons (Fsp3) is 0.838. The first-order chi connectivity index (χ1) is 21.1. The van der Waals surface area contributed by atoms with Gasteiger partial charge in [-0.05, 0) is 104 Å². The van der Waals surface area contributed by atoms with Gasteiger partial charge in [0, 0.05) is 17.8 Å². The summed E-state index contributed by atoms with van der Waals surface area (Å²) >= 11 is 0. The summed E-state index contributed by atoms with van der Waals surface area (Å²) < 4.78 is 29.4. The Balaban J connectivity index is 7.71. The van der Waals surface area contributed by atoms with Gasteiger partial charge in [0.1, 0.15) is 18.5 Å². The number of ketones is 1. The zero-order valence-electron chi connectivity index (χ0n) is 32.9. The Hall–Kier alpha value is -2.98. The smallest absolute Gasteiger partial charge is 0.311 e. The monoisotopic (exact) mass is 684 g/mol. The van der Waals surface area contributed by atoms with Crippen LogP contribution in [0.1, 0.15) is 131 Å².